The number of amides is 1. The molecule has 2 rings (SSSR count). The minimum Gasteiger partial charge on any atom is -0.384 e. The fourth-order valence-electron chi connectivity index (χ4n) is 1.58. The lowest BCUT2D eigenvalue weighted by Crippen LogP contribution is -2.34. The summed E-state index contributed by atoms with van der Waals surface area (Å²) in [7, 11) is 0. The zero-order valence-electron chi connectivity index (χ0n) is 9.79. The monoisotopic (exact) mass is 229 g/mol. The van der Waals surface area contributed by atoms with Gasteiger partial charge in [0.25, 0.3) is 5.91 Å². The number of aliphatic hydroxyl groups excluding tert-OH is 1. The second-order valence-electron chi connectivity index (χ2n) is 4.52. The van der Waals surface area contributed by atoms with E-state index >= 15 is 0 Å². The van der Waals surface area contributed by atoms with Crippen molar-refractivity contribution in [1.29, 1.82) is 0 Å². The van der Waals surface area contributed by atoms with E-state index in [4.69, 9.17) is 5.11 Å². The van der Waals surface area contributed by atoms with Gasteiger partial charge in [0.1, 0.15) is 6.61 Å². The molecule has 88 valence electrons. The van der Waals surface area contributed by atoms with Gasteiger partial charge in [-0.15, -0.1) is 0 Å². The summed E-state index contributed by atoms with van der Waals surface area (Å²) in [4.78, 5) is 12.0. The van der Waals surface area contributed by atoms with Crippen LogP contribution in [0.1, 0.15) is 35.7 Å². The zero-order valence-corrected chi connectivity index (χ0v) is 9.79. The predicted molar refractivity (Wildman–Crippen MR) is 65.5 cm³/mol. The highest BCUT2D eigenvalue weighted by atomic mass is 16.2. The molecule has 0 heterocycles. The van der Waals surface area contributed by atoms with Crippen molar-refractivity contribution < 1.29 is 9.90 Å². The molecule has 1 aliphatic rings. The lowest BCUT2D eigenvalue weighted by molar-refractivity contribution is 0.0935. The lowest BCUT2D eigenvalue weighted by atomic mass is 10.1. The Morgan fingerprint density at radius 3 is 2.82 bits per heavy atom. The predicted octanol–water partition coefficient (Wildman–Crippen LogP) is 1.31. The Labute approximate surface area is 101 Å². The molecule has 2 N–H and O–H groups in total. The van der Waals surface area contributed by atoms with Crippen LogP contribution in [0.5, 0.6) is 0 Å². The van der Waals surface area contributed by atoms with Gasteiger partial charge >= 0.3 is 0 Å². The molecule has 0 aliphatic heterocycles. The highest BCUT2D eigenvalue weighted by Gasteiger charge is 2.38. The third kappa shape index (κ3) is 2.86. The van der Waals surface area contributed by atoms with Crippen molar-refractivity contribution in [3.63, 3.8) is 0 Å². The van der Waals surface area contributed by atoms with E-state index in [2.05, 4.69) is 17.2 Å². The van der Waals surface area contributed by atoms with E-state index in [1.807, 2.05) is 19.1 Å². The Balaban J connectivity index is 2.21. The van der Waals surface area contributed by atoms with Crippen LogP contribution in [0.2, 0.25) is 0 Å². The first-order valence-corrected chi connectivity index (χ1v) is 5.66. The van der Waals surface area contributed by atoms with E-state index in [0.717, 1.165) is 12.8 Å². The third-order valence-corrected chi connectivity index (χ3v) is 2.89. The molecule has 0 unspecified atom stereocenters. The normalized spacial score (nSPS) is 15.6. The molecule has 1 amide bonds. The van der Waals surface area contributed by atoms with Crippen LogP contribution in [0.15, 0.2) is 24.3 Å². The molecule has 1 saturated carbocycles. The van der Waals surface area contributed by atoms with Gasteiger partial charge in [0.15, 0.2) is 0 Å². The van der Waals surface area contributed by atoms with Gasteiger partial charge in [-0.05, 0) is 31.9 Å². The van der Waals surface area contributed by atoms with Crippen molar-refractivity contribution in [1.82, 2.24) is 5.32 Å². The Hall–Kier alpha value is -1.79. The molecule has 0 aromatic heterocycles. The van der Waals surface area contributed by atoms with Gasteiger partial charge in [-0.1, -0.05) is 24.0 Å². The number of benzene rings is 1. The molecule has 0 bridgehead atoms. The smallest absolute Gasteiger partial charge is 0.252 e. The van der Waals surface area contributed by atoms with Crippen LogP contribution >= 0.6 is 0 Å². The number of carbonyl (C=O) groups excluding carboxylic acids is 1. The quantitative estimate of drug-likeness (QED) is 0.751. The van der Waals surface area contributed by atoms with Gasteiger partial charge in [0.05, 0.1) is 5.56 Å². The van der Waals surface area contributed by atoms with Crippen molar-refractivity contribution in [2.24, 2.45) is 0 Å². The molecule has 0 saturated heterocycles. The van der Waals surface area contributed by atoms with E-state index in [-0.39, 0.29) is 18.1 Å². The maximum Gasteiger partial charge on any atom is 0.252 e. The van der Waals surface area contributed by atoms with Gasteiger partial charge < -0.3 is 10.4 Å². The Kier molecular flexibility index (Phi) is 3.16. The first-order chi connectivity index (χ1) is 8.14. The summed E-state index contributed by atoms with van der Waals surface area (Å²) in [6.45, 7) is 1.83. The first kappa shape index (κ1) is 11.7. The summed E-state index contributed by atoms with van der Waals surface area (Å²) >= 11 is 0. The number of carbonyl (C=O) groups is 1. The first-order valence-electron chi connectivity index (χ1n) is 5.66. The van der Waals surface area contributed by atoms with Crippen molar-refractivity contribution >= 4 is 5.91 Å². The van der Waals surface area contributed by atoms with Gasteiger partial charge in [-0.3, -0.25) is 4.79 Å². The van der Waals surface area contributed by atoms with Gasteiger partial charge in [-0.25, -0.2) is 0 Å². The van der Waals surface area contributed by atoms with Crippen molar-refractivity contribution in [3.05, 3.63) is 35.4 Å². The van der Waals surface area contributed by atoms with Gasteiger partial charge in [-0.2, -0.15) is 0 Å². The highest BCUT2D eigenvalue weighted by molar-refractivity contribution is 5.97. The minimum absolute atomic E-state index is 0.0331. The van der Waals surface area contributed by atoms with E-state index in [1.165, 1.54) is 0 Å². The summed E-state index contributed by atoms with van der Waals surface area (Å²) in [6.07, 6.45) is 2.06. The van der Waals surface area contributed by atoms with Crippen LogP contribution in [0.3, 0.4) is 0 Å². The van der Waals surface area contributed by atoms with Crippen molar-refractivity contribution in [2.75, 3.05) is 6.61 Å². The third-order valence-electron chi connectivity index (χ3n) is 2.89. The molecule has 1 fully saturated rings. The van der Waals surface area contributed by atoms with Crippen LogP contribution in [-0.4, -0.2) is 23.2 Å². The molecule has 1 aromatic rings. The Bertz CT molecular complexity index is 492. The van der Waals surface area contributed by atoms with E-state index in [0.29, 0.717) is 11.1 Å². The van der Waals surface area contributed by atoms with E-state index < -0.39 is 0 Å². The Morgan fingerprint density at radius 1 is 1.47 bits per heavy atom. The SMILES string of the molecule is CC1(NC(=O)c2ccccc2C#CCO)CC1. The number of aliphatic hydroxyl groups is 1. The molecule has 3 heteroatoms. The van der Waals surface area contributed by atoms with Crippen molar-refractivity contribution in [2.45, 2.75) is 25.3 Å². The fourth-order valence-corrected chi connectivity index (χ4v) is 1.58. The lowest BCUT2D eigenvalue weighted by Gasteiger charge is -2.12. The molecular weight excluding hydrogens is 214 g/mol. The van der Waals surface area contributed by atoms with Crippen molar-refractivity contribution in [3.8, 4) is 11.8 Å². The molecule has 17 heavy (non-hydrogen) atoms. The summed E-state index contributed by atoms with van der Waals surface area (Å²) in [6, 6.07) is 7.18. The molecule has 1 aromatic carbocycles. The second-order valence-corrected chi connectivity index (χ2v) is 4.52. The van der Waals surface area contributed by atoms with Crippen LogP contribution in [0, 0.1) is 11.8 Å². The summed E-state index contributed by atoms with van der Waals surface area (Å²) < 4.78 is 0. The zero-order chi connectivity index (χ0) is 12.3. The average Bonchev–Trinajstić information content (AvgIpc) is 3.04. The number of rotatable bonds is 2. The minimum atomic E-state index is -0.201. The number of hydrogen-bond acceptors (Lipinski definition) is 2. The van der Waals surface area contributed by atoms with Crippen LogP contribution in [-0.2, 0) is 0 Å². The van der Waals surface area contributed by atoms with Gasteiger partial charge in [0.2, 0.25) is 0 Å². The molecule has 3 nitrogen and oxygen atoms in total. The summed E-state index contributed by atoms with van der Waals surface area (Å²) in [5, 5.41) is 11.7. The standard InChI is InChI=1S/C14H15NO2/c1-14(8-9-14)15-13(17)12-7-3-2-5-11(12)6-4-10-16/h2-3,5,7,16H,8-10H2,1H3,(H,15,17). The molecule has 0 atom stereocenters. The molecule has 0 radical (unpaired) electrons. The largest absolute Gasteiger partial charge is 0.384 e. The summed E-state index contributed by atoms with van der Waals surface area (Å²) in [5.41, 5.74) is 1.19. The maximum atomic E-state index is 12.0. The molecular formula is C14H15NO2. The Morgan fingerprint density at radius 2 is 2.18 bits per heavy atom. The van der Waals surface area contributed by atoms with Crippen LogP contribution in [0.4, 0.5) is 0 Å². The number of hydrogen-bond donors (Lipinski definition) is 2. The van der Waals surface area contributed by atoms with E-state index in [9.17, 15) is 4.79 Å². The highest BCUT2D eigenvalue weighted by Crippen LogP contribution is 2.34. The van der Waals surface area contributed by atoms with Crippen LogP contribution in [0.25, 0.3) is 0 Å². The maximum absolute atomic E-state index is 12.0. The summed E-state index contributed by atoms with van der Waals surface area (Å²) in [5.74, 6) is 5.26. The second kappa shape index (κ2) is 4.60. The van der Waals surface area contributed by atoms with E-state index in [1.54, 1.807) is 12.1 Å². The topological polar surface area (TPSA) is 49.3 Å². The number of nitrogens with one attached hydrogen (secondary N) is 1. The fraction of sp³-hybridized carbons (Fsp3) is 0.357. The average molecular weight is 229 g/mol. The molecule has 0 spiro atoms. The van der Waals surface area contributed by atoms with Gasteiger partial charge in [0, 0.05) is 11.1 Å². The van der Waals surface area contributed by atoms with Crippen LogP contribution < -0.4 is 5.32 Å². The molecule has 1 aliphatic carbocycles.